The zero-order valence-corrected chi connectivity index (χ0v) is 11.6. The second-order valence-corrected chi connectivity index (χ2v) is 6.59. The molecule has 2 N–H and O–H groups in total. The first-order chi connectivity index (χ1) is 8.71. The summed E-state index contributed by atoms with van der Waals surface area (Å²) in [5, 5.41) is 8.60. The van der Waals surface area contributed by atoms with Gasteiger partial charge in [0, 0.05) is 10.8 Å². The third-order valence-electron chi connectivity index (χ3n) is 4.43. The van der Waals surface area contributed by atoms with Gasteiger partial charge in [-0.3, -0.25) is 4.79 Å². The maximum atomic E-state index is 12.3. The van der Waals surface area contributed by atoms with Gasteiger partial charge in [-0.15, -0.1) is 11.3 Å². The van der Waals surface area contributed by atoms with Gasteiger partial charge in [-0.05, 0) is 56.1 Å². The minimum absolute atomic E-state index is 0.150. The van der Waals surface area contributed by atoms with Gasteiger partial charge < -0.3 is 10.6 Å². The SMILES string of the molecule is C[C@H](NC(=O)C1CC12CCNCC2)c1cccs1. The summed E-state index contributed by atoms with van der Waals surface area (Å²) >= 11 is 1.71. The number of rotatable bonds is 3. The normalized spacial score (nSPS) is 26.8. The summed E-state index contributed by atoms with van der Waals surface area (Å²) in [6.07, 6.45) is 3.43. The molecule has 1 spiro atoms. The number of hydrogen-bond acceptors (Lipinski definition) is 3. The predicted molar refractivity (Wildman–Crippen MR) is 73.5 cm³/mol. The highest BCUT2D eigenvalue weighted by atomic mass is 32.1. The number of nitrogens with one attached hydrogen (secondary N) is 2. The van der Waals surface area contributed by atoms with Gasteiger partial charge in [-0.2, -0.15) is 0 Å². The highest BCUT2D eigenvalue weighted by Gasteiger charge is 2.57. The lowest BCUT2D eigenvalue weighted by molar-refractivity contribution is -0.123. The molecule has 2 heterocycles. The molecule has 1 unspecified atom stereocenters. The Morgan fingerprint density at radius 1 is 1.56 bits per heavy atom. The number of carbonyl (C=O) groups excluding carboxylic acids is 1. The number of piperidine rings is 1. The zero-order chi connectivity index (χ0) is 12.6. The monoisotopic (exact) mass is 264 g/mol. The molecule has 2 atom stereocenters. The Morgan fingerprint density at radius 3 is 3.00 bits per heavy atom. The molecular weight excluding hydrogens is 244 g/mol. The summed E-state index contributed by atoms with van der Waals surface area (Å²) in [6.45, 7) is 4.22. The Hall–Kier alpha value is -0.870. The van der Waals surface area contributed by atoms with E-state index in [-0.39, 0.29) is 17.9 Å². The van der Waals surface area contributed by atoms with Crippen LogP contribution in [0.5, 0.6) is 0 Å². The van der Waals surface area contributed by atoms with Crippen LogP contribution in [0.15, 0.2) is 17.5 Å². The first-order valence-electron chi connectivity index (χ1n) is 6.76. The third-order valence-corrected chi connectivity index (χ3v) is 5.49. The Morgan fingerprint density at radius 2 is 2.33 bits per heavy atom. The van der Waals surface area contributed by atoms with E-state index in [1.807, 2.05) is 6.07 Å². The lowest BCUT2D eigenvalue weighted by atomic mass is 9.91. The van der Waals surface area contributed by atoms with Gasteiger partial charge in [0.15, 0.2) is 0 Å². The second kappa shape index (κ2) is 4.67. The van der Waals surface area contributed by atoms with Crippen molar-refractivity contribution < 1.29 is 4.79 Å². The Kier molecular flexibility index (Phi) is 3.16. The van der Waals surface area contributed by atoms with Crippen LogP contribution >= 0.6 is 11.3 Å². The van der Waals surface area contributed by atoms with E-state index in [2.05, 4.69) is 29.0 Å². The molecule has 0 radical (unpaired) electrons. The Bertz CT molecular complexity index is 423. The van der Waals surface area contributed by atoms with Gasteiger partial charge in [0.25, 0.3) is 0 Å². The lowest BCUT2D eigenvalue weighted by Crippen LogP contribution is -2.34. The quantitative estimate of drug-likeness (QED) is 0.879. The molecule has 0 aromatic carbocycles. The molecule has 3 rings (SSSR count). The van der Waals surface area contributed by atoms with E-state index >= 15 is 0 Å². The van der Waals surface area contributed by atoms with Gasteiger partial charge in [0.2, 0.25) is 5.91 Å². The van der Waals surface area contributed by atoms with E-state index in [0.29, 0.717) is 5.41 Å². The van der Waals surface area contributed by atoms with Gasteiger partial charge >= 0.3 is 0 Å². The van der Waals surface area contributed by atoms with Crippen LogP contribution in [0.3, 0.4) is 0 Å². The van der Waals surface area contributed by atoms with Crippen LogP contribution < -0.4 is 10.6 Å². The second-order valence-electron chi connectivity index (χ2n) is 5.61. The maximum Gasteiger partial charge on any atom is 0.224 e. The van der Waals surface area contributed by atoms with Crippen molar-refractivity contribution in [1.82, 2.24) is 10.6 Å². The van der Waals surface area contributed by atoms with Crippen molar-refractivity contribution in [3.8, 4) is 0 Å². The molecule has 3 nitrogen and oxygen atoms in total. The molecular formula is C14H20N2OS. The number of thiophene rings is 1. The fourth-order valence-electron chi connectivity index (χ4n) is 3.12. The van der Waals surface area contributed by atoms with Crippen molar-refractivity contribution in [3.05, 3.63) is 22.4 Å². The first kappa shape index (κ1) is 12.2. The van der Waals surface area contributed by atoms with Crippen LogP contribution in [-0.4, -0.2) is 19.0 Å². The number of hydrogen-bond donors (Lipinski definition) is 2. The highest BCUT2D eigenvalue weighted by Crippen LogP contribution is 2.58. The minimum atomic E-state index is 0.150. The van der Waals surface area contributed by atoms with E-state index in [4.69, 9.17) is 0 Å². The summed E-state index contributed by atoms with van der Waals surface area (Å²) in [6, 6.07) is 4.27. The largest absolute Gasteiger partial charge is 0.349 e. The van der Waals surface area contributed by atoms with E-state index in [0.717, 1.165) is 19.5 Å². The Labute approximate surface area is 112 Å². The van der Waals surface area contributed by atoms with Crippen LogP contribution in [0.2, 0.25) is 0 Å². The third kappa shape index (κ3) is 2.19. The molecule has 1 amide bonds. The molecule has 1 aromatic rings. The van der Waals surface area contributed by atoms with Crippen molar-refractivity contribution in [2.24, 2.45) is 11.3 Å². The van der Waals surface area contributed by atoms with E-state index in [1.54, 1.807) is 11.3 Å². The topological polar surface area (TPSA) is 41.1 Å². The fraction of sp³-hybridized carbons (Fsp3) is 0.643. The van der Waals surface area contributed by atoms with Crippen molar-refractivity contribution in [1.29, 1.82) is 0 Å². The summed E-state index contributed by atoms with van der Waals surface area (Å²) in [7, 11) is 0. The van der Waals surface area contributed by atoms with Crippen LogP contribution in [0, 0.1) is 11.3 Å². The zero-order valence-electron chi connectivity index (χ0n) is 10.7. The molecule has 1 aromatic heterocycles. The van der Waals surface area contributed by atoms with Gasteiger partial charge in [-0.25, -0.2) is 0 Å². The van der Waals surface area contributed by atoms with E-state index in [9.17, 15) is 4.79 Å². The fourth-order valence-corrected chi connectivity index (χ4v) is 3.85. The molecule has 1 saturated carbocycles. The van der Waals surface area contributed by atoms with Gasteiger partial charge in [0.1, 0.15) is 0 Å². The molecule has 4 heteroatoms. The molecule has 98 valence electrons. The Balaban J connectivity index is 1.57. The van der Waals surface area contributed by atoms with Crippen molar-refractivity contribution in [2.45, 2.75) is 32.2 Å². The predicted octanol–water partition coefficient (Wildman–Crippen LogP) is 2.32. The molecule has 1 saturated heterocycles. The molecule has 2 fully saturated rings. The smallest absolute Gasteiger partial charge is 0.224 e. The van der Waals surface area contributed by atoms with Crippen LogP contribution in [0.25, 0.3) is 0 Å². The summed E-state index contributed by atoms with van der Waals surface area (Å²) in [5.74, 6) is 0.528. The van der Waals surface area contributed by atoms with Crippen LogP contribution in [-0.2, 0) is 4.79 Å². The summed E-state index contributed by atoms with van der Waals surface area (Å²) in [5.41, 5.74) is 0.338. The maximum absolute atomic E-state index is 12.3. The van der Waals surface area contributed by atoms with E-state index in [1.165, 1.54) is 17.7 Å². The van der Waals surface area contributed by atoms with Crippen LogP contribution in [0.4, 0.5) is 0 Å². The van der Waals surface area contributed by atoms with Gasteiger partial charge in [-0.1, -0.05) is 6.07 Å². The average Bonchev–Trinajstić information content (AvgIpc) is 2.84. The van der Waals surface area contributed by atoms with E-state index < -0.39 is 0 Å². The first-order valence-corrected chi connectivity index (χ1v) is 7.64. The van der Waals surface area contributed by atoms with Gasteiger partial charge in [0.05, 0.1) is 6.04 Å². The number of amides is 1. The standard InChI is InChI=1S/C14H20N2OS/c1-10(12-3-2-8-18-12)16-13(17)11-9-14(11)4-6-15-7-5-14/h2-3,8,10-11,15H,4-7,9H2,1H3,(H,16,17)/t10-,11?/m0/s1. The molecule has 2 aliphatic rings. The number of carbonyl (C=O) groups is 1. The lowest BCUT2D eigenvalue weighted by Gasteiger charge is -2.23. The van der Waals surface area contributed by atoms with Crippen molar-refractivity contribution in [2.75, 3.05) is 13.1 Å². The summed E-state index contributed by atoms with van der Waals surface area (Å²) in [4.78, 5) is 13.5. The molecule has 1 aliphatic heterocycles. The summed E-state index contributed by atoms with van der Waals surface area (Å²) < 4.78 is 0. The highest BCUT2D eigenvalue weighted by molar-refractivity contribution is 7.10. The molecule has 1 aliphatic carbocycles. The minimum Gasteiger partial charge on any atom is -0.349 e. The molecule has 18 heavy (non-hydrogen) atoms. The molecule has 0 bridgehead atoms. The van der Waals surface area contributed by atoms with Crippen molar-refractivity contribution in [3.63, 3.8) is 0 Å². The van der Waals surface area contributed by atoms with Crippen LogP contribution in [0.1, 0.15) is 37.1 Å². The average molecular weight is 264 g/mol. The van der Waals surface area contributed by atoms with Crippen molar-refractivity contribution >= 4 is 17.2 Å².